The molecule has 0 aliphatic carbocycles. The van der Waals surface area contributed by atoms with E-state index >= 15 is 0 Å². The first-order valence-corrected chi connectivity index (χ1v) is 9.44. The Labute approximate surface area is 152 Å². The third kappa shape index (κ3) is 6.24. The van der Waals surface area contributed by atoms with E-state index in [0.717, 1.165) is 30.4 Å². The second-order valence-electron chi connectivity index (χ2n) is 7.13. The molecule has 0 aromatic heterocycles. The Bertz CT molecular complexity index is 571. The summed E-state index contributed by atoms with van der Waals surface area (Å²) in [4.78, 5) is 6.86. The number of hydrogen-bond acceptors (Lipinski definition) is 3. The predicted molar refractivity (Wildman–Crippen MR) is 105 cm³/mol. The van der Waals surface area contributed by atoms with E-state index in [1.54, 1.807) is 0 Å². The van der Waals surface area contributed by atoms with Crippen molar-refractivity contribution in [2.45, 2.75) is 46.8 Å². The van der Waals surface area contributed by atoms with Crippen molar-refractivity contribution in [1.82, 2.24) is 15.5 Å². The predicted octanol–water partition coefficient (Wildman–Crippen LogP) is 2.79. The molecule has 25 heavy (non-hydrogen) atoms. The van der Waals surface area contributed by atoms with Crippen LogP contribution in [0, 0.1) is 12.8 Å². The van der Waals surface area contributed by atoms with Crippen molar-refractivity contribution < 1.29 is 4.74 Å². The Kier molecular flexibility index (Phi) is 7.56. The molecule has 0 saturated carbocycles. The zero-order valence-electron chi connectivity index (χ0n) is 16.4. The molecular weight excluding hydrogens is 312 g/mol. The first-order chi connectivity index (χ1) is 12.0. The molecule has 1 aromatic carbocycles. The Morgan fingerprint density at radius 1 is 1.36 bits per heavy atom. The van der Waals surface area contributed by atoms with Crippen molar-refractivity contribution in [1.29, 1.82) is 0 Å². The standard InChI is InChI=1S/C20H34N4O/c1-6-24-10-9-17(14-24)12-22-20(21-5)23-13-18-8-7-16(4)11-19(18)25-15(2)3/h7-8,11,15,17H,6,9-10,12-14H2,1-5H3,(H2,21,22,23). The van der Waals surface area contributed by atoms with Gasteiger partial charge in [0.1, 0.15) is 5.75 Å². The van der Waals surface area contributed by atoms with Crippen molar-refractivity contribution in [2.75, 3.05) is 33.2 Å². The number of likely N-dealkylation sites (tertiary alicyclic amines) is 1. The average Bonchev–Trinajstić information content (AvgIpc) is 3.04. The molecule has 1 aliphatic heterocycles. The molecule has 2 N–H and O–H groups in total. The second-order valence-corrected chi connectivity index (χ2v) is 7.13. The number of nitrogens with zero attached hydrogens (tertiary/aromatic N) is 2. The van der Waals surface area contributed by atoms with Gasteiger partial charge >= 0.3 is 0 Å². The highest BCUT2D eigenvalue weighted by molar-refractivity contribution is 5.79. The molecule has 0 amide bonds. The van der Waals surface area contributed by atoms with Gasteiger partial charge in [-0.25, -0.2) is 0 Å². The minimum absolute atomic E-state index is 0.168. The monoisotopic (exact) mass is 346 g/mol. The Morgan fingerprint density at radius 3 is 2.80 bits per heavy atom. The summed E-state index contributed by atoms with van der Waals surface area (Å²) in [5, 5.41) is 6.88. The van der Waals surface area contributed by atoms with Crippen LogP contribution in [0.1, 0.15) is 38.3 Å². The SMILES string of the molecule is CCN1CCC(CNC(=NC)NCc2ccc(C)cc2OC(C)C)C1. The quantitative estimate of drug-likeness (QED) is 0.589. The van der Waals surface area contributed by atoms with Crippen molar-refractivity contribution in [3.05, 3.63) is 29.3 Å². The average molecular weight is 347 g/mol. The van der Waals surface area contributed by atoms with Gasteiger partial charge in [0.05, 0.1) is 6.10 Å². The maximum absolute atomic E-state index is 5.95. The number of rotatable bonds is 7. The van der Waals surface area contributed by atoms with E-state index in [4.69, 9.17) is 4.74 Å². The van der Waals surface area contributed by atoms with Crippen LogP contribution in [0.2, 0.25) is 0 Å². The molecule has 1 aliphatic rings. The van der Waals surface area contributed by atoms with E-state index < -0.39 is 0 Å². The van der Waals surface area contributed by atoms with Crippen LogP contribution < -0.4 is 15.4 Å². The molecule has 1 fully saturated rings. The summed E-state index contributed by atoms with van der Waals surface area (Å²) < 4.78 is 5.95. The van der Waals surface area contributed by atoms with Gasteiger partial charge in [-0.1, -0.05) is 19.1 Å². The van der Waals surface area contributed by atoms with Crippen molar-refractivity contribution in [3.63, 3.8) is 0 Å². The fraction of sp³-hybridized carbons (Fsp3) is 0.650. The van der Waals surface area contributed by atoms with Gasteiger partial charge in [0, 0.05) is 32.2 Å². The van der Waals surface area contributed by atoms with Gasteiger partial charge in [-0.05, 0) is 57.8 Å². The Balaban J connectivity index is 1.86. The summed E-state index contributed by atoms with van der Waals surface area (Å²) in [5.41, 5.74) is 2.36. The van der Waals surface area contributed by atoms with E-state index in [-0.39, 0.29) is 6.10 Å². The summed E-state index contributed by atoms with van der Waals surface area (Å²) in [6, 6.07) is 6.35. The third-order valence-corrected chi connectivity index (χ3v) is 4.63. The molecule has 1 saturated heterocycles. The van der Waals surface area contributed by atoms with Gasteiger partial charge in [0.15, 0.2) is 5.96 Å². The molecule has 0 bridgehead atoms. The lowest BCUT2D eigenvalue weighted by Crippen LogP contribution is -2.40. The van der Waals surface area contributed by atoms with Gasteiger partial charge in [-0.15, -0.1) is 0 Å². The summed E-state index contributed by atoms with van der Waals surface area (Å²) in [6.07, 6.45) is 1.43. The van der Waals surface area contributed by atoms with E-state index in [9.17, 15) is 0 Å². The molecule has 2 rings (SSSR count). The lowest BCUT2D eigenvalue weighted by molar-refractivity contribution is 0.239. The van der Waals surface area contributed by atoms with E-state index in [1.165, 1.54) is 25.1 Å². The van der Waals surface area contributed by atoms with Gasteiger partial charge < -0.3 is 20.3 Å². The maximum atomic E-state index is 5.95. The molecule has 5 nitrogen and oxygen atoms in total. The number of nitrogens with one attached hydrogen (secondary N) is 2. The molecule has 1 heterocycles. The minimum atomic E-state index is 0.168. The van der Waals surface area contributed by atoms with Gasteiger partial charge in [-0.2, -0.15) is 0 Å². The molecule has 5 heteroatoms. The highest BCUT2D eigenvalue weighted by Crippen LogP contribution is 2.21. The molecule has 1 aromatic rings. The first kappa shape index (κ1) is 19.6. The molecule has 0 radical (unpaired) electrons. The maximum Gasteiger partial charge on any atom is 0.191 e. The number of aryl methyl sites for hydroxylation is 1. The summed E-state index contributed by atoms with van der Waals surface area (Å²) in [7, 11) is 1.82. The van der Waals surface area contributed by atoms with Gasteiger partial charge in [0.25, 0.3) is 0 Å². The zero-order chi connectivity index (χ0) is 18.2. The Morgan fingerprint density at radius 2 is 2.16 bits per heavy atom. The molecule has 140 valence electrons. The number of ether oxygens (including phenoxy) is 1. The van der Waals surface area contributed by atoms with Crippen molar-refractivity contribution in [3.8, 4) is 5.75 Å². The highest BCUT2D eigenvalue weighted by Gasteiger charge is 2.21. The summed E-state index contributed by atoms with van der Waals surface area (Å²) in [5.74, 6) is 2.51. The molecule has 1 atom stereocenters. The molecule has 1 unspecified atom stereocenters. The smallest absolute Gasteiger partial charge is 0.191 e. The minimum Gasteiger partial charge on any atom is -0.491 e. The van der Waals surface area contributed by atoms with Crippen LogP contribution in [-0.2, 0) is 6.54 Å². The van der Waals surface area contributed by atoms with E-state index in [1.807, 2.05) is 7.05 Å². The number of hydrogen-bond donors (Lipinski definition) is 2. The third-order valence-electron chi connectivity index (χ3n) is 4.63. The summed E-state index contributed by atoms with van der Waals surface area (Å²) in [6.45, 7) is 13.7. The van der Waals surface area contributed by atoms with Crippen LogP contribution >= 0.6 is 0 Å². The molecular formula is C20H34N4O. The van der Waals surface area contributed by atoms with Crippen LogP contribution in [0.15, 0.2) is 23.2 Å². The number of benzene rings is 1. The van der Waals surface area contributed by atoms with E-state index in [2.05, 4.69) is 66.4 Å². The zero-order valence-corrected chi connectivity index (χ0v) is 16.4. The number of guanidine groups is 1. The van der Waals surface area contributed by atoms with Gasteiger partial charge in [-0.3, -0.25) is 4.99 Å². The largest absolute Gasteiger partial charge is 0.491 e. The Hall–Kier alpha value is -1.75. The van der Waals surface area contributed by atoms with Crippen LogP contribution in [0.4, 0.5) is 0 Å². The second kappa shape index (κ2) is 9.66. The topological polar surface area (TPSA) is 48.9 Å². The normalized spacial score (nSPS) is 18.6. The fourth-order valence-corrected chi connectivity index (χ4v) is 3.18. The highest BCUT2D eigenvalue weighted by atomic mass is 16.5. The van der Waals surface area contributed by atoms with Gasteiger partial charge in [0.2, 0.25) is 0 Å². The van der Waals surface area contributed by atoms with E-state index in [0.29, 0.717) is 12.5 Å². The van der Waals surface area contributed by atoms with Crippen LogP contribution in [0.3, 0.4) is 0 Å². The lowest BCUT2D eigenvalue weighted by Gasteiger charge is -2.18. The van der Waals surface area contributed by atoms with Crippen LogP contribution in [0.5, 0.6) is 5.75 Å². The van der Waals surface area contributed by atoms with Crippen molar-refractivity contribution in [2.24, 2.45) is 10.9 Å². The molecule has 0 spiro atoms. The summed E-state index contributed by atoms with van der Waals surface area (Å²) >= 11 is 0. The lowest BCUT2D eigenvalue weighted by atomic mass is 10.1. The van der Waals surface area contributed by atoms with Crippen molar-refractivity contribution >= 4 is 5.96 Å². The number of aliphatic imine (C=N–C) groups is 1. The van der Waals surface area contributed by atoms with Crippen LogP contribution in [-0.4, -0.2) is 50.2 Å². The first-order valence-electron chi connectivity index (χ1n) is 9.44. The fourth-order valence-electron chi connectivity index (χ4n) is 3.18. The van der Waals surface area contributed by atoms with Crippen LogP contribution in [0.25, 0.3) is 0 Å².